The molecule has 5 aliphatic carbocycles. The van der Waals surface area contributed by atoms with Crippen molar-refractivity contribution in [2.45, 2.75) is 149 Å². The summed E-state index contributed by atoms with van der Waals surface area (Å²) in [5, 5.41) is 42.6. The van der Waals surface area contributed by atoms with E-state index in [1.165, 1.54) is 19.8 Å². The molecule has 1 aliphatic heterocycles. The Labute approximate surface area is 269 Å². The van der Waals surface area contributed by atoms with Crippen LogP contribution in [-0.2, 0) is 23.7 Å². The predicted octanol–water partition coefficient (Wildman–Crippen LogP) is 4.21. The molecule has 0 aromatic rings. The number of carbonyl (C=O) groups excluding carboxylic acids is 1. The Hall–Kier alpha value is -0.810. The van der Waals surface area contributed by atoms with Gasteiger partial charge in [-0.3, -0.25) is 4.79 Å². The number of ether oxygens (including phenoxy) is 4. The Morgan fingerprint density at radius 1 is 1.02 bits per heavy atom. The van der Waals surface area contributed by atoms with Crippen molar-refractivity contribution < 1.29 is 44.2 Å². The van der Waals surface area contributed by atoms with E-state index in [4.69, 9.17) is 18.9 Å². The summed E-state index contributed by atoms with van der Waals surface area (Å²) >= 11 is 0. The molecule has 14 atom stereocenters. The number of hydrogen-bond donors (Lipinski definition) is 4. The van der Waals surface area contributed by atoms with Crippen molar-refractivity contribution in [3.8, 4) is 0 Å². The number of aliphatic hydroxyl groups excluding tert-OH is 3. The first-order chi connectivity index (χ1) is 20.9. The highest BCUT2D eigenvalue weighted by Crippen LogP contribution is 2.89. The number of hydrogen-bond acceptors (Lipinski definition) is 9. The van der Waals surface area contributed by atoms with Gasteiger partial charge < -0.3 is 39.4 Å². The second-order valence-electron chi connectivity index (χ2n) is 17.6. The van der Waals surface area contributed by atoms with E-state index in [-0.39, 0.29) is 70.9 Å². The van der Waals surface area contributed by atoms with Gasteiger partial charge in [0.15, 0.2) is 12.4 Å². The maximum Gasteiger partial charge on any atom is 0.303 e. The van der Waals surface area contributed by atoms with E-state index < -0.39 is 36.2 Å². The van der Waals surface area contributed by atoms with E-state index in [0.29, 0.717) is 18.3 Å². The first-order valence-electron chi connectivity index (χ1n) is 17.7. The van der Waals surface area contributed by atoms with E-state index in [2.05, 4.69) is 34.6 Å². The molecule has 0 aromatic carbocycles. The first-order valence-corrected chi connectivity index (χ1v) is 17.7. The fourth-order valence-corrected chi connectivity index (χ4v) is 13.1. The zero-order valence-electron chi connectivity index (χ0n) is 28.9. The number of rotatable bonds is 9. The topological polar surface area (TPSA) is 135 Å². The van der Waals surface area contributed by atoms with Crippen LogP contribution in [0, 0.1) is 50.7 Å². The van der Waals surface area contributed by atoms with Gasteiger partial charge in [0.2, 0.25) is 0 Å². The summed E-state index contributed by atoms with van der Waals surface area (Å²) in [6.07, 6.45) is 5.20. The van der Waals surface area contributed by atoms with Gasteiger partial charge in [0.1, 0.15) is 0 Å². The second kappa shape index (κ2) is 11.1. The Kier molecular flexibility index (Phi) is 8.41. The van der Waals surface area contributed by atoms with Crippen LogP contribution in [0.5, 0.6) is 0 Å². The lowest BCUT2D eigenvalue weighted by molar-refractivity contribution is -0.243. The molecular weight excluding hydrogens is 576 g/mol. The average Bonchev–Trinajstić information content (AvgIpc) is 3.59. The normalized spacial score (nSPS) is 49.4. The Balaban J connectivity index is 1.27. The summed E-state index contributed by atoms with van der Waals surface area (Å²) in [4.78, 5) is 12.0. The minimum atomic E-state index is -1.27. The van der Waals surface area contributed by atoms with Crippen LogP contribution in [-0.4, -0.2) is 88.6 Å². The lowest BCUT2D eigenvalue weighted by atomic mass is 9.41. The SMILES string of the molecule is CC(=O)O[C@@H]([C@H]1C[C@@H](C)[C@H]2[C@H](O1)[C@H](O)[C@@]1(C)[C@@H]3CC[C@H]4C(C)(C)[C@@H](OC(CO)OCCO)CC[C@@]45C[C@@]35CC[C@]21C)C(C)(C)O. The zero-order valence-corrected chi connectivity index (χ0v) is 28.9. The van der Waals surface area contributed by atoms with Crippen molar-refractivity contribution in [2.24, 2.45) is 50.7 Å². The van der Waals surface area contributed by atoms with Gasteiger partial charge in [0.05, 0.1) is 49.8 Å². The lowest BCUT2D eigenvalue weighted by Gasteiger charge is -2.63. The van der Waals surface area contributed by atoms with E-state index in [9.17, 15) is 25.2 Å². The molecule has 258 valence electrons. The van der Waals surface area contributed by atoms with Crippen LogP contribution in [0.1, 0.15) is 107 Å². The summed E-state index contributed by atoms with van der Waals surface area (Å²) in [5.41, 5.74) is -1.35. The Bertz CT molecular complexity index is 1140. The minimum absolute atomic E-state index is 0.0327. The number of aliphatic hydroxyl groups is 4. The van der Waals surface area contributed by atoms with E-state index in [1.54, 1.807) is 13.8 Å². The smallest absolute Gasteiger partial charge is 0.303 e. The Morgan fingerprint density at radius 2 is 1.69 bits per heavy atom. The number of esters is 1. The molecule has 6 aliphatic rings. The summed E-state index contributed by atoms with van der Waals surface area (Å²) < 4.78 is 24.5. The van der Waals surface area contributed by atoms with Crippen molar-refractivity contribution in [1.29, 1.82) is 0 Å². The van der Waals surface area contributed by atoms with Crippen LogP contribution >= 0.6 is 0 Å². The average molecular weight is 637 g/mol. The standard InChI is InChI=1S/C36H60O9/c1-20-17-22(30(32(5,6)41)43-21(2)39)44-28-27(20)33(7)13-14-36-19-35(36)12-11-25(45-26(18-38)42-16-15-37)31(3,4)23(35)9-10-24(36)34(33,8)29(28)40/h20,22-30,37-38,40-41H,9-19H2,1-8H3/t20-,22-,23+,24+,25+,26?,27+,28+,29+,30+,33-,34-,35-,36+/m1/s1. The highest BCUT2D eigenvalue weighted by molar-refractivity contribution is 5.66. The van der Waals surface area contributed by atoms with Gasteiger partial charge in [-0.1, -0.05) is 34.6 Å². The Morgan fingerprint density at radius 3 is 2.31 bits per heavy atom. The highest BCUT2D eigenvalue weighted by Gasteiger charge is 2.84. The molecule has 0 radical (unpaired) electrons. The van der Waals surface area contributed by atoms with Gasteiger partial charge in [0, 0.05) is 12.3 Å². The monoisotopic (exact) mass is 636 g/mol. The van der Waals surface area contributed by atoms with Crippen LogP contribution in [0.3, 0.4) is 0 Å². The largest absolute Gasteiger partial charge is 0.457 e. The van der Waals surface area contributed by atoms with Crippen LogP contribution in [0.2, 0.25) is 0 Å². The van der Waals surface area contributed by atoms with Gasteiger partial charge in [-0.05, 0) is 111 Å². The molecule has 0 bridgehead atoms. The van der Waals surface area contributed by atoms with Crippen LogP contribution in [0.4, 0.5) is 0 Å². The van der Waals surface area contributed by atoms with Gasteiger partial charge in [-0.15, -0.1) is 0 Å². The fourth-order valence-electron chi connectivity index (χ4n) is 13.1. The van der Waals surface area contributed by atoms with Crippen LogP contribution in [0.25, 0.3) is 0 Å². The summed E-state index contributed by atoms with van der Waals surface area (Å²) in [5.74, 6) is 0.869. The van der Waals surface area contributed by atoms with Gasteiger partial charge in [-0.2, -0.15) is 0 Å². The molecule has 1 heterocycles. The maximum absolute atomic E-state index is 12.5. The predicted molar refractivity (Wildman–Crippen MR) is 167 cm³/mol. The van der Waals surface area contributed by atoms with Gasteiger partial charge >= 0.3 is 5.97 Å². The molecule has 1 saturated heterocycles. The van der Waals surface area contributed by atoms with Crippen LogP contribution in [0.15, 0.2) is 0 Å². The molecule has 4 N–H and O–H groups in total. The summed E-state index contributed by atoms with van der Waals surface area (Å²) in [7, 11) is 0. The summed E-state index contributed by atoms with van der Waals surface area (Å²) in [6.45, 7) is 16.2. The third kappa shape index (κ3) is 4.68. The van der Waals surface area contributed by atoms with E-state index in [1.807, 2.05) is 0 Å². The molecule has 6 fully saturated rings. The molecule has 5 saturated carbocycles. The molecule has 45 heavy (non-hydrogen) atoms. The number of fused-ring (bicyclic) bond motifs is 4. The van der Waals surface area contributed by atoms with Crippen molar-refractivity contribution in [1.82, 2.24) is 0 Å². The molecule has 9 nitrogen and oxygen atoms in total. The molecule has 0 amide bonds. The molecule has 9 heteroatoms. The van der Waals surface area contributed by atoms with Crippen molar-refractivity contribution in [3.05, 3.63) is 0 Å². The second-order valence-corrected chi connectivity index (χ2v) is 17.6. The molecule has 6 rings (SSSR count). The zero-order chi connectivity index (χ0) is 33.0. The third-order valence-corrected chi connectivity index (χ3v) is 15.0. The minimum Gasteiger partial charge on any atom is -0.457 e. The molecular formula is C36H60O9. The third-order valence-electron chi connectivity index (χ3n) is 15.0. The molecule has 2 spiro atoms. The van der Waals surface area contributed by atoms with Crippen molar-refractivity contribution in [2.75, 3.05) is 19.8 Å². The lowest BCUT2D eigenvalue weighted by Crippen LogP contribution is -2.60. The molecule has 1 unspecified atom stereocenters. The van der Waals surface area contributed by atoms with E-state index >= 15 is 0 Å². The van der Waals surface area contributed by atoms with E-state index in [0.717, 1.165) is 32.1 Å². The quantitative estimate of drug-likeness (QED) is 0.217. The summed E-state index contributed by atoms with van der Waals surface area (Å²) in [6, 6.07) is 0. The molecule has 0 aromatic heterocycles. The van der Waals surface area contributed by atoms with Crippen molar-refractivity contribution in [3.63, 3.8) is 0 Å². The number of carbonyl (C=O) groups is 1. The highest BCUT2D eigenvalue weighted by atomic mass is 16.7. The first kappa shape index (κ1) is 34.1. The van der Waals surface area contributed by atoms with Crippen molar-refractivity contribution >= 4 is 5.97 Å². The van der Waals surface area contributed by atoms with Gasteiger partial charge in [-0.25, -0.2) is 0 Å². The maximum atomic E-state index is 12.5. The van der Waals surface area contributed by atoms with Gasteiger partial charge in [0.25, 0.3) is 0 Å². The van der Waals surface area contributed by atoms with Crippen LogP contribution < -0.4 is 0 Å². The fraction of sp³-hybridized carbons (Fsp3) is 0.972.